The molecular weight excluding hydrogens is 576 g/mol. The van der Waals surface area contributed by atoms with Crippen LogP contribution < -0.4 is 0 Å². The molecule has 46 heavy (non-hydrogen) atoms. The van der Waals surface area contributed by atoms with Crippen LogP contribution in [0.3, 0.4) is 0 Å². The second kappa shape index (κ2) is 11.8. The fourth-order valence-corrected chi connectivity index (χ4v) is 12.1. The van der Waals surface area contributed by atoms with Gasteiger partial charge in [-0.3, -0.25) is 0 Å². The molecule has 0 bridgehead atoms. The molecule has 0 aromatic rings. The zero-order valence-electron chi connectivity index (χ0n) is 30.4. The molecule has 0 radical (unpaired) electrons. The molecule has 6 heteroatoms. The van der Waals surface area contributed by atoms with Crippen molar-refractivity contribution in [3.05, 3.63) is 34.9 Å². The molecule has 0 saturated heterocycles. The highest BCUT2D eigenvalue weighted by molar-refractivity contribution is 5.83. The Balaban J connectivity index is 1.54. The van der Waals surface area contributed by atoms with Crippen LogP contribution in [0.4, 0.5) is 0 Å². The summed E-state index contributed by atoms with van der Waals surface area (Å²) in [6.45, 7) is 21.5. The summed E-state index contributed by atoms with van der Waals surface area (Å²) in [7, 11) is 0. The van der Waals surface area contributed by atoms with E-state index in [1.54, 1.807) is 6.08 Å². The Kier molecular flexibility index (Phi) is 9.23. The number of allylic oxidation sites excluding steroid dienone is 4. The molecule has 6 nitrogen and oxygen atoms in total. The predicted octanol–water partition coefficient (Wildman–Crippen LogP) is 7.30. The topological polar surface area (TPSA) is 107 Å². The number of ether oxygens (including phenoxy) is 1. The van der Waals surface area contributed by atoms with Crippen molar-refractivity contribution in [2.24, 2.45) is 50.2 Å². The molecule has 4 saturated carbocycles. The Morgan fingerprint density at radius 1 is 0.935 bits per heavy atom. The van der Waals surface area contributed by atoms with E-state index < -0.39 is 35.1 Å². The highest BCUT2D eigenvalue weighted by atomic mass is 16.5. The van der Waals surface area contributed by atoms with Gasteiger partial charge in [-0.15, -0.1) is 0 Å². The number of carbonyl (C=O) groups excluding carboxylic acids is 1. The van der Waals surface area contributed by atoms with Gasteiger partial charge in [0.15, 0.2) is 0 Å². The zero-order chi connectivity index (χ0) is 34.3. The molecule has 0 aromatic carbocycles. The van der Waals surface area contributed by atoms with Crippen LogP contribution in [0.1, 0.15) is 127 Å². The number of hydrogen-bond acceptors (Lipinski definition) is 6. The largest absolute Gasteiger partial charge is 0.458 e. The van der Waals surface area contributed by atoms with E-state index in [0.717, 1.165) is 62.5 Å². The lowest BCUT2D eigenvalue weighted by Gasteiger charge is -2.73. The van der Waals surface area contributed by atoms with Crippen LogP contribution in [0.2, 0.25) is 0 Å². The Bertz CT molecular complexity index is 1290. The molecule has 260 valence electrons. The van der Waals surface area contributed by atoms with E-state index in [9.17, 15) is 25.2 Å². The average Bonchev–Trinajstić information content (AvgIpc) is 2.94. The average molecular weight is 641 g/mol. The van der Waals surface area contributed by atoms with Crippen LogP contribution in [0.25, 0.3) is 0 Å². The van der Waals surface area contributed by atoms with Crippen molar-refractivity contribution in [2.45, 2.75) is 151 Å². The van der Waals surface area contributed by atoms with E-state index in [1.165, 1.54) is 5.57 Å². The van der Waals surface area contributed by atoms with Gasteiger partial charge < -0.3 is 25.2 Å². The normalized spacial score (nSPS) is 46.1. The molecule has 11 unspecified atom stereocenters. The molecule has 0 heterocycles. The van der Waals surface area contributed by atoms with Crippen LogP contribution in [0.15, 0.2) is 34.9 Å². The highest BCUT2D eigenvalue weighted by Crippen LogP contribution is 2.75. The van der Waals surface area contributed by atoms with Gasteiger partial charge in [0.2, 0.25) is 0 Å². The number of hydrogen-bond donors (Lipinski definition) is 4. The summed E-state index contributed by atoms with van der Waals surface area (Å²) < 4.78 is 6.26. The third kappa shape index (κ3) is 5.13. The van der Waals surface area contributed by atoms with Gasteiger partial charge in [0.1, 0.15) is 6.10 Å². The smallest absolute Gasteiger partial charge is 0.330 e. The number of rotatable bonds is 6. The summed E-state index contributed by atoms with van der Waals surface area (Å²) >= 11 is 0. The molecule has 0 amide bonds. The van der Waals surface area contributed by atoms with E-state index >= 15 is 0 Å². The summed E-state index contributed by atoms with van der Waals surface area (Å²) in [4.78, 5) is 13.4. The summed E-state index contributed by atoms with van der Waals surface area (Å²) in [6, 6.07) is 0. The Morgan fingerprint density at radius 2 is 1.61 bits per heavy atom. The number of fused-ring (bicyclic) bond motifs is 7. The number of esters is 1. The molecule has 11 atom stereocenters. The predicted molar refractivity (Wildman–Crippen MR) is 183 cm³/mol. The van der Waals surface area contributed by atoms with Crippen molar-refractivity contribution in [2.75, 3.05) is 6.61 Å². The molecule has 4 N–H and O–H groups in total. The zero-order valence-corrected chi connectivity index (χ0v) is 30.4. The van der Waals surface area contributed by atoms with Crippen LogP contribution >= 0.6 is 0 Å². The molecule has 4 fully saturated rings. The monoisotopic (exact) mass is 640 g/mol. The molecule has 5 aliphatic rings. The van der Waals surface area contributed by atoms with Crippen molar-refractivity contribution in [3.63, 3.8) is 0 Å². The van der Waals surface area contributed by atoms with E-state index in [0.29, 0.717) is 12.3 Å². The van der Waals surface area contributed by atoms with E-state index in [1.807, 2.05) is 6.92 Å². The fraction of sp³-hybridized carbons (Fsp3) is 0.825. The Morgan fingerprint density at radius 3 is 2.24 bits per heavy atom. The van der Waals surface area contributed by atoms with Crippen LogP contribution in [0.5, 0.6) is 0 Å². The van der Waals surface area contributed by atoms with E-state index in [4.69, 9.17) is 4.74 Å². The summed E-state index contributed by atoms with van der Waals surface area (Å²) in [5, 5.41) is 47.2. The first-order chi connectivity index (χ1) is 21.2. The van der Waals surface area contributed by atoms with Gasteiger partial charge in [0.25, 0.3) is 0 Å². The van der Waals surface area contributed by atoms with Gasteiger partial charge >= 0.3 is 5.97 Å². The third-order valence-corrected chi connectivity index (χ3v) is 14.9. The summed E-state index contributed by atoms with van der Waals surface area (Å²) in [6.07, 6.45) is 9.98. The molecule has 0 aliphatic heterocycles. The van der Waals surface area contributed by atoms with Crippen molar-refractivity contribution in [3.8, 4) is 0 Å². The first-order valence-electron chi connectivity index (χ1n) is 18.1. The molecule has 0 aromatic heterocycles. The van der Waals surface area contributed by atoms with Gasteiger partial charge in [-0.1, -0.05) is 77.3 Å². The number of aliphatic hydroxyl groups excluding tert-OH is 4. The van der Waals surface area contributed by atoms with Gasteiger partial charge in [-0.05, 0) is 118 Å². The number of carbonyl (C=O) groups is 1. The maximum Gasteiger partial charge on any atom is 0.330 e. The summed E-state index contributed by atoms with van der Waals surface area (Å²) in [5.74, 6) is -0.0268. The lowest BCUT2D eigenvalue weighted by Crippen LogP contribution is -2.74. The SMILES string of the molecule is CC(C)=CCCC(C)=CC(=O)OC1CC(C)(C)CC2C3=CCC4C5(C)CCC(O)C(C)(C)C5CCC4(C)C3(C)C(O)C(O)C12CO. The summed E-state index contributed by atoms with van der Waals surface area (Å²) in [5.41, 5.74) is 0.728. The van der Waals surface area contributed by atoms with Crippen molar-refractivity contribution < 1.29 is 30.0 Å². The first kappa shape index (κ1) is 35.8. The first-order valence-corrected chi connectivity index (χ1v) is 18.1. The fourth-order valence-electron chi connectivity index (χ4n) is 12.1. The van der Waals surface area contributed by atoms with Crippen LogP contribution in [-0.4, -0.2) is 57.4 Å². The molecular formula is C40H64O6. The van der Waals surface area contributed by atoms with Gasteiger partial charge in [-0.25, -0.2) is 4.79 Å². The van der Waals surface area contributed by atoms with E-state index in [2.05, 4.69) is 74.5 Å². The molecule has 5 aliphatic carbocycles. The Labute approximate surface area is 278 Å². The second-order valence-corrected chi connectivity index (χ2v) is 18.6. The number of aliphatic hydroxyl groups is 4. The standard InChI is InChI=1S/C40H64O6/c1-24(2)12-11-13-25(3)20-32(43)46-31-22-35(4,5)21-27-26-14-15-29-37(8)18-17-30(42)36(6,7)28(37)16-19-38(29,9)39(26,10)33(44)34(45)40(27,31)23-41/h12,14,20,27-31,33-34,41-42,44-45H,11,13,15-19,21-23H2,1-10H3. The molecule has 5 rings (SSSR count). The quantitative estimate of drug-likeness (QED) is 0.138. The third-order valence-electron chi connectivity index (χ3n) is 14.9. The highest BCUT2D eigenvalue weighted by Gasteiger charge is 2.74. The molecule has 0 spiro atoms. The minimum atomic E-state index is -1.26. The lowest BCUT2D eigenvalue weighted by molar-refractivity contribution is -0.274. The van der Waals surface area contributed by atoms with Gasteiger partial charge in [0, 0.05) is 11.5 Å². The van der Waals surface area contributed by atoms with Gasteiger partial charge in [-0.2, -0.15) is 0 Å². The second-order valence-electron chi connectivity index (χ2n) is 18.6. The van der Waals surface area contributed by atoms with Crippen molar-refractivity contribution >= 4 is 5.97 Å². The maximum absolute atomic E-state index is 13.4. The lowest BCUT2D eigenvalue weighted by atomic mass is 9.32. The maximum atomic E-state index is 13.4. The Hall–Kier alpha value is -1.47. The van der Waals surface area contributed by atoms with Crippen LogP contribution in [0, 0.1) is 50.2 Å². The van der Waals surface area contributed by atoms with Crippen molar-refractivity contribution in [1.29, 1.82) is 0 Å². The van der Waals surface area contributed by atoms with E-state index in [-0.39, 0.29) is 46.2 Å². The minimum absolute atomic E-state index is 0.00330. The van der Waals surface area contributed by atoms with Crippen molar-refractivity contribution in [1.82, 2.24) is 0 Å². The minimum Gasteiger partial charge on any atom is -0.458 e. The van der Waals surface area contributed by atoms with Gasteiger partial charge in [0.05, 0.1) is 30.3 Å². The van der Waals surface area contributed by atoms with Crippen LogP contribution in [-0.2, 0) is 9.53 Å².